The molecule has 3 heterocycles. The van der Waals surface area contributed by atoms with Crippen molar-refractivity contribution in [1.29, 1.82) is 0 Å². The minimum absolute atomic E-state index is 0.209. The Bertz CT molecular complexity index is 1060. The molecule has 32 heavy (non-hydrogen) atoms. The molecule has 0 bridgehead atoms. The van der Waals surface area contributed by atoms with Gasteiger partial charge in [-0.2, -0.15) is 0 Å². The maximum absolute atomic E-state index is 12.6. The molecule has 0 saturated heterocycles. The Labute approximate surface area is 191 Å². The third-order valence-electron chi connectivity index (χ3n) is 6.83. The summed E-state index contributed by atoms with van der Waals surface area (Å²) in [6.07, 6.45) is 5.69. The van der Waals surface area contributed by atoms with Crippen molar-refractivity contribution in [3.63, 3.8) is 0 Å². The van der Waals surface area contributed by atoms with Gasteiger partial charge in [0.05, 0.1) is 24.0 Å². The number of aromatic nitrogens is 1. The predicted octanol–water partition coefficient (Wildman–Crippen LogP) is 3.12. The van der Waals surface area contributed by atoms with Crippen molar-refractivity contribution in [1.82, 2.24) is 9.88 Å². The molecule has 1 aromatic rings. The van der Waals surface area contributed by atoms with Crippen LogP contribution in [-0.4, -0.2) is 54.2 Å². The first-order valence-electron chi connectivity index (χ1n) is 10.7. The van der Waals surface area contributed by atoms with E-state index < -0.39 is 22.5 Å². The van der Waals surface area contributed by atoms with Gasteiger partial charge >= 0.3 is 5.97 Å². The van der Waals surface area contributed by atoms with Crippen LogP contribution in [0.3, 0.4) is 0 Å². The number of carboxylic acid groups (broad SMARTS) is 1. The molecule has 2 N–H and O–H groups in total. The van der Waals surface area contributed by atoms with Gasteiger partial charge in [0.15, 0.2) is 10.9 Å². The number of halogens is 1. The fourth-order valence-electron chi connectivity index (χ4n) is 5.36. The minimum Gasteiger partial charge on any atom is -0.494 e. The van der Waals surface area contributed by atoms with Crippen molar-refractivity contribution < 1.29 is 24.1 Å². The zero-order chi connectivity index (χ0) is 23.3. The molecule has 1 fully saturated rings. The predicted molar refractivity (Wildman–Crippen MR) is 120 cm³/mol. The van der Waals surface area contributed by atoms with E-state index in [1.807, 2.05) is 10.6 Å². The molecule has 1 saturated carbocycles. The average molecular weight is 465 g/mol. The molecule has 4 rings (SSSR count). The van der Waals surface area contributed by atoms with E-state index in [1.165, 1.54) is 12.3 Å². The SMILES string of the molecule is COCCCOC1=CC2=C(NC1Cl)c1cc(=O)c(C(=O)O)cn1[C@@H]1C(C)(C)CCC21OC. The van der Waals surface area contributed by atoms with Crippen LogP contribution in [0.15, 0.2) is 34.5 Å². The Hall–Kier alpha value is -2.29. The highest BCUT2D eigenvalue weighted by molar-refractivity contribution is 6.22. The number of hydrogen-bond donors (Lipinski definition) is 2. The van der Waals surface area contributed by atoms with E-state index >= 15 is 0 Å². The molecule has 0 radical (unpaired) electrons. The number of methoxy groups -OCH3 is 2. The summed E-state index contributed by atoms with van der Waals surface area (Å²) in [5.41, 5.74) is -0.241. The molecular weight excluding hydrogens is 436 g/mol. The Morgan fingerprint density at radius 2 is 2.06 bits per heavy atom. The van der Waals surface area contributed by atoms with Gasteiger partial charge in [-0.1, -0.05) is 25.4 Å². The third kappa shape index (κ3) is 3.45. The van der Waals surface area contributed by atoms with Crippen molar-refractivity contribution in [3.8, 4) is 0 Å². The highest BCUT2D eigenvalue weighted by Gasteiger charge is 2.59. The number of ether oxygens (including phenoxy) is 3. The van der Waals surface area contributed by atoms with Crippen LogP contribution in [0.1, 0.15) is 55.2 Å². The van der Waals surface area contributed by atoms with Gasteiger partial charge in [0.25, 0.3) is 0 Å². The van der Waals surface area contributed by atoms with E-state index in [2.05, 4.69) is 19.2 Å². The van der Waals surface area contributed by atoms with E-state index in [4.69, 9.17) is 25.8 Å². The Balaban J connectivity index is 1.91. The van der Waals surface area contributed by atoms with Crippen molar-refractivity contribution in [2.45, 2.75) is 50.3 Å². The van der Waals surface area contributed by atoms with Gasteiger partial charge in [-0.3, -0.25) is 4.79 Å². The van der Waals surface area contributed by atoms with Crippen molar-refractivity contribution in [3.05, 3.63) is 51.2 Å². The summed E-state index contributed by atoms with van der Waals surface area (Å²) in [6, 6.07) is 1.16. The van der Waals surface area contributed by atoms with Crippen LogP contribution in [0.5, 0.6) is 0 Å². The number of aromatic carboxylic acids is 1. The summed E-state index contributed by atoms with van der Waals surface area (Å²) in [5.74, 6) is -0.665. The fraction of sp³-hybridized carbons (Fsp3) is 0.565. The second-order valence-electron chi connectivity index (χ2n) is 9.17. The number of carboxylic acids is 1. The molecule has 1 aliphatic carbocycles. The van der Waals surface area contributed by atoms with E-state index in [9.17, 15) is 14.7 Å². The van der Waals surface area contributed by atoms with Crippen molar-refractivity contribution in [2.24, 2.45) is 5.41 Å². The lowest BCUT2D eigenvalue weighted by Gasteiger charge is -2.48. The van der Waals surface area contributed by atoms with Crippen LogP contribution >= 0.6 is 11.6 Å². The summed E-state index contributed by atoms with van der Waals surface area (Å²) in [6.45, 7) is 5.32. The molecule has 0 amide bonds. The first-order chi connectivity index (χ1) is 15.2. The van der Waals surface area contributed by atoms with Gasteiger partial charge < -0.3 is 29.2 Å². The monoisotopic (exact) mass is 464 g/mol. The van der Waals surface area contributed by atoms with Crippen LogP contribution in [0.2, 0.25) is 0 Å². The maximum Gasteiger partial charge on any atom is 0.341 e. The third-order valence-corrected chi connectivity index (χ3v) is 7.15. The van der Waals surface area contributed by atoms with E-state index in [0.717, 1.165) is 24.8 Å². The van der Waals surface area contributed by atoms with Crippen LogP contribution in [-0.2, 0) is 14.2 Å². The summed E-state index contributed by atoms with van der Waals surface area (Å²) in [7, 11) is 3.31. The molecule has 0 aromatic carbocycles. The largest absolute Gasteiger partial charge is 0.494 e. The zero-order valence-electron chi connectivity index (χ0n) is 18.7. The van der Waals surface area contributed by atoms with E-state index in [1.54, 1.807) is 14.2 Å². The van der Waals surface area contributed by atoms with Gasteiger partial charge in [-0.25, -0.2) is 4.79 Å². The normalized spacial score (nSPS) is 27.7. The van der Waals surface area contributed by atoms with Gasteiger partial charge in [0, 0.05) is 45.1 Å². The molecule has 174 valence electrons. The van der Waals surface area contributed by atoms with E-state index in [0.29, 0.717) is 30.4 Å². The molecule has 3 atom stereocenters. The van der Waals surface area contributed by atoms with Gasteiger partial charge in [0.1, 0.15) is 16.9 Å². The van der Waals surface area contributed by atoms with Crippen LogP contribution in [0.25, 0.3) is 5.70 Å². The summed E-state index contributed by atoms with van der Waals surface area (Å²) in [5, 5.41) is 12.8. The number of hydrogen-bond acceptors (Lipinski definition) is 6. The Morgan fingerprint density at radius 3 is 2.72 bits per heavy atom. The summed E-state index contributed by atoms with van der Waals surface area (Å²) >= 11 is 6.60. The number of dihydropyridines is 1. The van der Waals surface area contributed by atoms with Crippen molar-refractivity contribution in [2.75, 3.05) is 27.4 Å². The van der Waals surface area contributed by atoms with E-state index in [-0.39, 0.29) is 17.0 Å². The Kier molecular flexibility index (Phi) is 5.90. The van der Waals surface area contributed by atoms with Crippen LogP contribution in [0, 0.1) is 5.41 Å². The lowest BCUT2D eigenvalue weighted by atomic mass is 9.75. The number of carbonyl (C=O) groups is 1. The van der Waals surface area contributed by atoms with Crippen molar-refractivity contribution >= 4 is 23.3 Å². The summed E-state index contributed by atoms with van der Waals surface area (Å²) < 4.78 is 19.1. The number of nitrogens with one attached hydrogen (secondary N) is 1. The van der Waals surface area contributed by atoms with Gasteiger partial charge in [-0.15, -0.1) is 0 Å². The standard InChI is InChI=1S/C23H29ClN2O6/c1-22(2)6-7-23(31-4)14-10-17(32-9-5-8-30-3)19(24)25-18(14)15-11-16(27)13(20(28)29)12-26(15)21(22)23/h10-12,19,21,25H,5-9H2,1-4H3,(H,28,29)/t19?,21-,23?/m1/s1. The molecule has 2 aliphatic heterocycles. The van der Waals surface area contributed by atoms with Crippen LogP contribution < -0.4 is 10.7 Å². The molecular formula is C23H29ClN2O6. The number of fused-ring (bicyclic) bond motifs is 5. The lowest BCUT2D eigenvalue weighted by Crippen LogP contribution is -2.50. The average Bonchev–Trinajstić information content (AvgIpc) is 3.03. The Morgan fingerprint density at radius 1 is 1.31 bits per heavy atom. The molecule has 0 spiro atoms. The second kappa shape index (κ2) is 8.24. The minimum atomic E-state index is -1.25. The highest BCUT2D eigenvalue weighted by Crippen LogP contribution is 2.60. The number of alkyl halides is 1. The van der Waals surface area contributed by atoms with Gasteiger partial charge in [0.2, 0.25) is 0 Å². The molecule has 3 aliphatic rings. The molecule has 2 unspecified atom stereocenters. The smallest absolute Gasteiger partial charge is 0.341 e. The maximum atomic E-state index is 12.6. The number of pyridine rings is 1. The molecule has 8 nitrogen and oxygen atoms in total. The first kappa shape index (κ1) is 22.9. The summed E-state index contributed by atoms with van der Waals surface area (Å²) in [4.78, 5) is 24.3. The molecule has 9 heteroatoms. The quantitative estimate of drug-likeness (QED) is 0.363. The topological polar surface area (TPSA) is 99.0 Å². The zero-order valence-corrected chi connectivity index (χ0v) is 19.5. The molecule has 1 aromatic heterocycles. The fourth-order valence-corrected chi connectivity index (χ4v) is 5.60. The first-order valence-corrected chi connectivity index (χ1v) is 11.1. The number of nitrogens with zero attached hydrogens (tertiary/aromatic N) is 1. The lowest BCUT2D eigenvalue weighted by molar-refractivity contribution is -0.0244. The highest BCUT2D eigenvalue weighted by atomic mass is 35.5. The van der Waals surface area contributed by atoms with Gasteiger partial charge in [-0.05, 0) is 24.3 Å². The van der Waals surface area contributed by atoms with Crippen LogP contribution in [0.4, 0.5) is 0 Å². The second-order valence-corrected chi connectivity index (χ2v) is 9.61. The number of rotatable bonds is 7.